The van der Waals surface area contributed by atoms with Crippen LogP contribution in [0.25, 0.3) is 0 Å². The lowest BCUT2D eigenvalue weighted by Crippen LogP contribution is -2.38. The lowest BCUT2D eigenvalue weighted by molar-refractivity contribution is 0.200. The zero-order chi connectivity index (χ0) is 13.5. The van der Waals surface area contributed by atoms with Gasteiger partial charge in [-0.3, -0.25) is 0 Å². The first kappa shape index (κ1) is 13.2. The standard InChI is InChI=1S/C14H17N3O2/c15-8-11-19-13-7-3-2-6-12(13)16-14(18)17-9-4-1-5-10-17/h2-3,6-7H,1,4-5,9-11H2,(H,16,18). The summed E-state index contributed by atoms with van der Waals surface area (Å²) in [6, 6.07) is 8.96. The highest BCUT2D eigenvalue weighted by atomic mass is 16.5. The second-order valence-electron chi connectivity index (χ2n) is 4.42. The number of piperidine rings is 1. The van der Waals surface area contributed by atoms with Crippen LogP contribution in [0.2, 0.25) is 0 Å². The number of ether oxygens (including phenoxy) is 1. The summed E-state index contributed by atoms with van der Waals surface area (Å²) < 4.78 is 5.28. The number of hydrogen-bond donors (Lipinski definition) is 1. The molecule has 2 rings (SSSR count). The Bertz CT molecular complexity index is 476. The number of hydrogen-bond acceptors (Lipinski definition) is 3. The number of nitrogens with zero attached hydrogens (tertiary/aromatic N) is 2. The predicted octanol–water partition coefficient (Wildman–Crippen LogP) is 2.61. The Balaban J connectivity index is 2.01. The van der Waals surface area contributed by atoms with E-state index in [0.717, 1.165) is 25.9 Å². The largest absolute Gasteiger partial charge is 0.477 e. The third-order valence-corrected chi connectivity index (χ3v) is 3.06. The number of anilines is 1. The first-order valence-corrected chi connectivity index (χ1v) is 6.46. The number of benzene rings is 1. The SMILES string of the molecule is N#CCOc1ccccc1NC(=O)N1CCCCC1. The molecule has 0 aliphatic carbocycles. The van der Waals surface area contributed by atoms with Gasteiger partial charge in [-0.05, 0) is 31.4 Å². The van der Waals surface area contributed by atoms with Crippen LogP contribution in [0, 0.1) is 11.3 Å². The highest BCUT2D eigenvalue weighted by Crippen LogP contribution is 2.24. The molecule has 1 aromatic carbocycles. The van der Waals surface area contributed by atoms with E-state index in [0.29, 0.717) is 11.4 Å². The predicted molar refractivity (Wildman–Crippen MR) is 72.0 cm³/mol. The van der Waals surface area contributed by atoms with Crippen molar-refractivity contribution in [1.82, 2.24) is 4.90 Å². The van der Waals surface area contributed by atoms with Crippen LogP contribution < -0.4 is 10.1 Å². The Morgan fingerprint density at radius 1 is 1.32 bits per heavy atom. The monoisotopic (exact) mass is 259 g/mol. The molecule has 0 saturated carbocycles. The first-order valence-electron chi connectivity index (χ1n) is 6.46. The molecule has 1 fully saturated rings. The van der Waals surface area contributed by atoms with Gasteiger partial charge in [0.25, 0.3) is 0 Å². The van der Waals surface area contributed by atoms with Crippen LogP contribution in [0.5, 0.6) is 5.75 Å². The van der Waals surface area contributed by atoms with Gasteiger partial charge >= 0.3 is 6.03 Å². The van der Waals surface area contributed by atoms with E-state index < -0.39 is 0 Å². The highest BCUT2D eigenvalue weighted by molar-refractivity contribution is 5.91. The van der Waals surface area contributed by atoms with Crippen LogP contribution in [0.1, 0.15) is 19.3 Å². The van der Waals surface area contributed by atoms with Crippen LogP contribution in [0.15, 0.2) is 24.3 Å². The molecule has 1 aliphatic rings. The second kappa shape index (κ2) is 6.64. The smallest absolute Gasteiger partial charge is 0.321 e. The van der Waals surface area contributed by atoms with Gasteiger partial charge in [-0.25, -0.2) is 4.79 Å². The average Bonchev–Trinajstić information content (AvgIpc) is 2.47. The Labute approximate surface area is 112 Å². The van der Waals surface area contributed by atoms with Crippen molar-refractivity contribution >= 4 is 11.7 Å². The number of rotatable bonds is 3. The fourth-order valence-electron chi connectivity index (χ4n) is 2.10. The zero-order valence-electron chi connectivity index (χ0n) is 10.8. The molecule has 1 N–H and O–H groups in total. The van der Waals surface area contributed by atoms with Gasteiger partial charge in [0.1, 0.15) is 11.8 Å². The van der Waals surface area contributed by atoms with Gasteiger partial charge in [0.05, 0.1) is 5.69 Å². The lowest BCUT2D eigenvalue weighted by atomic mass is 10.1. The topological polar surface area (TPSA) is 65.4 Å². The molecule has 0 aromatic heterocycles. The normalized spacial score (nSPS) is 14.6. The quantitative estimate of drug-likeness (QED) is 0.907. The summed E-state index contributed by atoms with van der Waals surface area (Å²) in [5, 5.41) is 11.4. The number of para-hydroxylation sites is 2. The number of likely N-dealkylation sites (tertiary alicyclic amines) is 1. The van der Waals surface area contributed by atoms with Crippen molar-refractivity contribution in [2.24, 2.45) is 0 Å². The Morgan fingerprint density at radius 2 is 2.05 bits per heavy atom. The third-order valence-electron chi connectivity index (χ3n) is 3.06. The fourth-order valence-corrected chi connectivity index (χ4v) is 2.10. The van der Waals surface area contributed by atoms with Crippen LogP contribution in [0.3, 0.4) is 0 Å². The molecule has 0 spiro atoms. The first-order chi connectivity index (χ1) is 9.31. The van der Waals surface area contributed by atoms with Gasteiger partial charge in [-0.15, -0.1) is 0 Å². The number of urea groups is 1. The number of amides is 2. The Kier molecular flexibility index (Phi) is 4.62. The molecule has 1 heterocycles. The minimum atomic E-state index is -0.104. The van der Waals surface area contributed by atoms with Gasteiger partial charge in [-0.2, -0.15) is 5.26 Å². The van der Waals surface area contributed by atoms with Crippen molar-refractivity contribution in [3.63, 3.8) is 0 Å². The zero-order valence-corrected chi connectivity index (χ0v) is 10.8. The van der Waals surface area contributed by atoms with Crippen molar-refractivity contribution in [3.05, 3.63) is 24.3 Å². The summed E-state index contributed by atoms with van der Waals surface area (Å²) >= 11 is 0. The van der Waals surface area contributed by atoms with Gasteiger partial charge in [0, 0.05) is 13.1 Å². The van der Waals surface area contributed by atoms with Crippen molar-refractivity contribution < 1.29 is 9.53 Å². The minimum absolute atomic E-state index is 0.0312. The summed E-state index contributed by atoms with van der Waals surface area (Å²) in [6.45, 7) is 1.57. The molecule has 1 saturated heterocycles. The molecule has 0 unspecified atom stereocenters. The van der Waals surface area contributed by atoms with E-state index >= 15 is 0 Å². The van der Waals surface area contributed by atoms with E-state index in [1.807, 2.05) is 23.1 Å². The summed E-state index contributed by atoms with van der Waals surface area (Å²) in [6.07, 6.45) is 3.30. The molecule has 5 nitrogen and oxygen atoms in total. The van der Waals surface area contributed by atoms with Gasteiger partial charge in [0.15, 0.2) is 6.61 Å². The molecule has 1 aliphatic heterocycles. The molecule has 100 valence electrons. The van der Waals surface area contributed by atoms with Crippen molar-refractivity contribution in [2.45, 2.75) is 19.3 Å². The van der Waals surface area contributed by atoms with E-state index in [1.54, 1.807) is 12.1 Å². The number of nitriles is 1. The molecule has 19 heavy (non-hydrogen) atoms. The van der Waals surface area contributed by atoms with E-state index in [2.05, 4.69) is 5.32 Å². The van der Waals surface area contributed by atoms with Gasteiger partial charge in [0.2, 0.25) is 0 Å². The van der Waals surface area contributed by atoms with Gasteiger partial charge in [-0.1, -0.05) is 12.1 Å². The maximum atomic E-state index is 12.1. The molecule has 0 radical (unpaired) electrons. The van der Waals surface area contributed by atoms with E-state index in [9.17, 15) is 4.79 Å². The van der Waals surface area contributed by atoms with Crippen molar-refractivity contribution in [3.8, 4) is 11.8 Å². The summed E-state index contributed by atoms with van der Waals surface area (Å²) in [7, 11) is 0. The molecule has 5 heteroatoms. The van der Waals surface area contributed by atoms with Crippen LogP contribution in [0.4, 0.5) is 10.5 Å². The van der Waals surface area contributed by atoms with E-state index in [1.165, 1.54) is 6.42 Å². The Hall–Kier alpha value is -2.22. The lowest BCUT2D eigenvalue weighted by Gasteiger charge is -2.27. The van der Waals surface area contributed by atoms with Crippen molar-refractivity contribution in [1.29, 1.82) is 5.26 Å². The minimum Gasteiger partial charge on any atom is -0.477 e. The van der Waals surface area contributed by atoms with E-state index in [-0.39, 0.29) is 12.6 Å². The number of carbonyl (C=O) groups excluding carboxylic acids is 1. The van der Waals surface area contributed by atoms with Gasteiger partial charge < -0.3 is 15.0 Å². The number of nitrogens with one attached hydrogen (secondary N) is 1. The molecule has 0 atom stereocenters. The molecule has 1 aromatic rings. The summed E-state index contributed by atoms with van der Waals surface area (Å²) in [5.41, 5.74) is 0.605. The second-order valence-corrected chi connectivity index (χ2v) is 4.42. The number of carbonyl (C=O) groups is 1. The molecular formula is C14H17N3O2. The average molecular weight is 259 g/mol. The maximum absolute atomic E-state index is 12.1. The van der Waals surface area contributed by atoms with Crippen LogP contribution in [-0.2, 0) is 0 Å². The fraction of sp³-hybridized carbons (Fsp3) is 0.429. The highest BCUT2D eigenvalue weighted by Gasteiger charge is 2.17. The van der Waals surface area contributed by atoms with Crippen molar-refractivity contribution in [2.75, 3.05) is 25.0 Å². The summed E-state index contributed by atoms with van der Waals surface area (Å²) in [4.78, 5) is 13.9. The van der Waals surface area contributed by atoms with Crippen LogP contribution >= 0.6 is 0 Å². The summed E-state index contributed by atoms with van der Waals surface area (Å²) in [5.74, 6) is 0.523. The molecule has 2 amide bonds. The Morgan fingerprint density at radius 3 is 2.79 bits per heavy atom. The van der Waals surface area contributed by atoms with Crippen LogP contribution in [-0.4, -0.2) is 30.6 Å². The molecular weight excluding hydrogens is 242 g/mol. The van der Waals surface area contributed by atoms with E-state index in [4.69, 9.17) is 10.00 Å². The molecule has 0 bridgehead atoms. The maximum Gasteiger partial charge on any atom is 0.321 e. The third kappa shape index (κ3) is 3.62.